The van der Waals surface area contributed by atoms with E-state index in [9.17, 15) is 4.39 Å². The van der Waals surface area contributed by atoms with E-state index in [2.05, 4.69) is 20.5 Å². The van der Waals surface area contributed by atoms with Crippen LogP contribution in [-0.4, -0.2) is 15.2 Å². The molecule has 4 nitrogen and oxygen atoms in total. The van der Waals surface area contributed by atoms with Crippen LogP contribution in [0.5, 0.6) is 0 Å². The number of benzene rings is 1. The van der Waals surface area contributed by atoms with E-state index >= 15 is 0 Å². The Balaban J connectivity index is 1.73. The van der Waals surface area contributed by atoms with Gasteiger partial charge in [-0.3, -0.25) is 5.10 Å². The van der Waals surface area contributed by atoms with Gasteiger partial charge >= 0.3 is 0 Å². The fourth-order valence-corrected chi connectivity index (χ4v) is 2.36. The van der Waals surface area contributed by atoms with E-state index in [1.165, 1.54) is 12.4 Å². The van der Waals surface area contributed by atoms with Gasteiger partial charge in [0.2, 0.25) is 0 Å². The molecule has 3 rings (SSSR count). The number of nitrogens with zero attached hydrogens (tertiary/aromatic N) is 2. The summed E-state index contributed by atoms with van der Waals surface area (Å²) in [6.45, 7) is 0.626. The molecule has 1 atom stereocenters. The lowest BCUT2D eigenvalue weighted by Gasteiger charge is -2.12. The van der Waals surface area contributed by atoms with Crippen molar-refractivity contribution < 1.29 is 4.39 Å². The molecule has 0 radical (unpaired) electrons. The quantitative estimate of drug-likeness (QED) is 0.847. The van der Waals surface area contributed by atoms with Crippen molar-refractivity contribution in [2.24, 2.45) is 0 Å². The third-order valence-electron chi connectivity index (χ3n) is 3.19. The second-order valence-electron chi connectivity index (χ2n) is 4.21. The molecule has 1 heterocycles. The Morgan fingerprint density at radius 3 is 3.24 bits per heavy atom. The second kappa shape index (κ2) is 4.25. The Morgan fingerprint density at radius 2 is 2.41 bits per heavy atom. The molecule has 1 aliphatic carbocycles. The molecule has 2 aromatic rings. The molecular formula is C12H13FN4. The highest BCUT2D eigenvalue weighted by Crippen LogP contribution is 2.32. The third kappa shape index (κ3) is 1.93. The van der Waals surface area contributed by atoms with Gasteiger partial charge < -0.3 is 5.32 Å². The summed E-state index contributed by atoms with van der Waals surface area (Å²) in [5, 5.41) is 9.96. The van der Waals surface area contributed by atoms with E-state index in [1.54, 1.807) is 6.07 Å². The van der Waals surface area contributed by atoms with Gasteiger partial charge in [0.15, 0.2) is 0 Å². The smallest absolute Gasteiger partial charge is 0.138 e. The van der Waals surface area contributed by atoms with Gasteiger partial charge in [-0.05, 0) is 30.0 Å². The number of aromatic amines is 1. The number of rotatable bonds is 3. The van der Waals surface area contributed by atoms with Crippen molar-refractivity contribution in [1.29, 1.82) is 0 Å². The Labute approximate surface area is 98.3 Å². The molecule has 5 heteroatoms. The molecule has 0 fully saturated rings. The molecule has 1 aromatic heterocycles. The third-order valence-corrected chi connectivity index (χ3v) is 3.19. The molecule has 0 saturated heterocycles. The first-order chi connectivity index (χ1) is 8.34. The van der Waals surface area contributed by atoms with Crippen molar-refractivity contribution in [3.05, 3.63) is 47.3 Å². The predicted octanol–water partition coefficient (Wildman–Crippen LogP) is 1.72. The van der Waals surface area contributed by atoms with E-state index in [-0.39, 0.29) is 11.9 Å². The van der Waals surface area contributed by atoms with Gasteiger partial charge in [-0.2, -0.15) is 5.10 Å². The van der Waals surface area contributed by atoms with Gasteiger partial charge in [-0.1, -0.05) is 12.1 Å². The minimum Gasteiger partial charge on any atom is -0.303 e. The lowest BCUT2D eigenvalue weighted by molar-refractivity contribution is 0.519. The zero-order valence-electron chi connectivity index (χ0n) is 9.28. The number of H-pyrrole nitrogens is 1. The summed E-state index contributed by atoms with van der Waals surface area (Å²) in [6.07, 6.45) is 3.22. The van der Waals surface area contributed by atoms with Crippen molar-refractivity contribution in [2.75, 3.05) is 0 Å². The van der Waals surface area contributed by atoms with Crippen LogP contribution in [0.3, 0.4) is 0 Å². The summed E-state index contributed by atoms with van der Waals surface area (Å²) in [6, 6.07) is 5.50. The normalized spacial score (nSPS) is 18.3. The fraction of sp³-hybridized carbons (Fsp3) is 0.333. The Bertz CT molecular complexity index is 509. The SMILES string of the molecule is Fc1cccc2c1CCC2NCc1ncn[nH]1. The summed E-state index contributed by atoms with van der Waals surface area (Å²) in [7, 11) is 0. The van der Waals surface area contributed by atoms with Crippen LogP contribution >= 0.6 is 0 Å². The number of halogens is 1. The lowest BCUT2D eigenvalue weighted by Crippen LogP contribution is -2.19. The number of fused-ring (bicyclic) bond motifs is 1. The van der Waals surface area contributed by atoms with Gasteiger partial charge in [-0.15, -0.1) is 0 Å². The number of hydrogen-bond acceptors (Lipinski definition) is 3. The number of aromatic nitrogens is 3. The van der Waals surface area contributed by atoms with Crippen molar-refractivity contribution >= 4 is 0 Å². The zero-order valence-corrected chi connectivity index (χ0v) is 9.28. The van der Waals surface area contributed by atoms with Crippen LogP contribution in [0.1, 0.15) is 29.4 Å². The Kier molecular flexibility index (Phi) is 2.60. The fourth-order valence-electron chi connectivity index (χ4n) is 2.36. The molecule has 2 N–H and O–H groups in total. The predicted molar refractivity (Wildman–Crippen MR) is 60.7 cm³/mol. The summed E-state index contributed by atoms with van der Waals surface area (Å²) in [5.74, 6) is 0.710. The monoisotopic (exact) mass is 232 g/mol. The van der Waals surface area contributed by atoms with E-state index in [0.29, 0.717) is 6.54 Å². The van der Waals surface area contributed by atoms with Crippen molar-refractivity contribution in [3.63, 3.8) is 0 Å². The van der Waals surface area contributed by atoms with Gasteiger partial charge in [0.05, 0.1) is 6.54 Å². The highest BCUT2D eigenvalue weighted by atomic mass is 19.1. The molecule has 0 amide bonds. The first kappa shape index (κ1) is 10.4. The molecule has 0 bridgehead atoms. The molecule has 1 unspecified atom stereocenters. The first-order valence-corrected chi connectivity index (χ1v) is 5.69. The standard InChI is InChI=1S/C12H13FN4/c13-10-3-1-2-9-8(10)4-5-11(9)14-6-12-15-7-16-17-12/h1-3,7,11,14H,4-6H2,(H,15,16,17). The second-order valence-corrected chi connectivity index (χ2v) is 4.21. The average molecular weight is 232 g/mol. The Morgan fingerprint density at radius 1 is 1.47 bits per heavy atom. The maximum Gasteiger partial charge on any atom is 0.138 e. The molecular weight excluding hydrogens is 219 g/mol. The van der Waals surface area contributed by atoms with Crippen LogP contribution in [0.2, 0.25) is 0 Å². The molecule has 0 aliphatic heterocycles. The highest BCUT2D eigenvalue weighted by molar-refractivity contribution is 5.35. The van der Waals surface area contributed by atoms with E-state index in [4.69, 9.17) is 0 Å². The van der Waals surface area contributed by atoms with E-state index < -0.39 is 0 Å². The minimum absolute atomic E-state index is 0.0912. The number of hydrogen-bond donors (Lipinski definition) is 2. The van der Waals surface area contributed by atoms with Gasteiger partial charge in [0.25, 0.3) is 0 Å². The van der Waals surface area contributed by atoms with Crippen LogP contribution < -0.4 is 5.32 Å². The maximum absolute atomic E-state index is 13.5. The molecule has 1 aromatic carbocycles. The molecule has 88 valence electrons. The van der Waals surface area contributed by atoms with Gasteiger partial charge in [0, 0.05) is 6.04 Å². The van der Waals surface area contributed by atoms with Crippen LogP contribution in [-0.2, 0) is 13.0 Å². The van der Waals surface area contributed by atoms with Crippen LogP contribution in [0.4, 0.5) is 4.39 Å². The number of nitrogens with one attached hydrogen (secondary N) is 2. The lowest BCUT2D eigenvalue weighted by atomic mass is 10.1. The van der Waals surface area contributed by atoms with Crippen molar-refractivity contribution in [1.82, 2.24) is 20.5 Å². The van der Waals surface area contributed by atoms with Crippen LogP contribution in [0.25, 0.3) is 0 Å². The summed E-state index contributed by atoms with van der Waals surface area (Å²) in [5.41, 5.74) is 1.92. The molecule has 0 spiro atoms. The first-order valence-electron chi connectivity index (χ1n) is 5.69. The molecule has 0 saturated carbocycles. The minimum atomic E-state index is -0.0912. The van der Waals surface area contributed by atoms with Crippen LogP contribution in [0, 0.1) is 5.82 Å². The topological polar surface area (TPSA) is 53.6 Å². The molecule has 17 heavy (non-hydrogen) atoms. The summed E-state index contributed by atoms with van der Waals surface area (Å²) >= 11 is 0. The summed E-state index contributed by atoms with van der Waals surface area (Å²) < 4.78 is 13.5. The molecule has 1 aliphatic rings. The maximum atomic E-state index is 13.5. The van der Waals surface area contributed by atoms with E-state index in [1.807, 2.05) is 6.07 Å². The largest absolute Gasteiger partial charge is 0.303 e. The zero-order chi connectivity index (χ0) is 11.7. The Hall–Kier alpha value is -1.75. The van der Waals surface area contributed by atoms with Gasteiger partial charge in [-0.25, -0.2) is 9.37 Å². The average Bonchev–Trinajstić information content (AvgIpc) is 2.95. The van der Waals surface area contributed by atoms with E-state index in [0.717, 1.165) is 29.8 Å². The van der Waals surface area contributed by atoms with Gasteiger partial charge in [0.1, 0.15) is 18.0 Å². The van der Waals surface area contributed by atoms with Crippen LogP contribution in [0.15, 0.2) is 24.5 Å². The van der Waals surface area contributed by atoms with Crippen molar-refractivity contribution in [3.8, 4) is 0 Å². The highest BCUT2D eigenvalue weighted by Gasteiger charge is 2.24. The van der Waals surface area contributed by atoms with Crippen molar-refractivity contribution in [2.45, 2.75) is 25.4 Å². The summed E-state index contributed by atoms with van der Waals surface area (Å²) in [4.78, 5) is 4.05.